The number of benzene rings is 1. The molecule has 5 heteroatoms. The van der Waals surface area contributed by atoms with E-state index >= 15 is 0 Å². The molecule has 0 fully saturated rings. The summed E-state index contributed by atoms with van der Waals surface area (Å²) in [5.41, 5.74) is 1.01. The molecule has 0 bridgehead atoms. The fourth-order valence-corrected chi connectivity index (χ4v) is 1.79. The van der Waals surface area contributed by atoms with Crippen LogP contribution in [0.1, 0.15) is 25.2 Å². The van der Waals surface area contributed by atoms with Crippen LogP contribution in [0.2, 0.25) is 0 Å². The lowest BCUT2D eigenvalue weighted by molar-refractivity contribution is 0.523. The van der Waals surface area contributed by atoms with Crippen molar-refractivity contribution >= 4 is 0 Å². The first-order valence-electron chi connectivity index (χ1n) is 6.47. The van der Waals surface area contributed by atoms with Crippen molar-refractivity contribution in [3.05, 3.63) is 47.8 Å². The van der Waals surface area contributed by atoms with E-state index in [1.807, 2.05) is 4.68 Å². The maximum Gasteiger partial charge on any atom is 0.141 e. The molecule has 2 rings (SSSR count). The van der Waals surface area contributed by atoms with Crippen molar-refractivity contribution in [3.8, 4) is 0 Å². The Morgan fingerprint density at radius 3 is 2.68 bits per heavy atom. The third kappa shape index (κ3) is 4.13. The minimum absolute atomic E-state index is 0.221. The van der Waals surface area contributed by atoms with Gasteiger partial charge in [0.25, 0.3) is 0 Å². The van der Waals surface area contributed by atoms with Gasteiger partial charge < -0.3 is 5.32 Å². The highest BCUT2D eigenvalue weighted by Gasteiger charge is 2.05. The molecule has 0 saturated heterocycles. The average Bonchev–Trinajstić information content (AvgIpc) is 2.79. The first-order valence-corrected chi connectivity index (χ1v) is 6.47. The first-order chi connectivity index (χ1) is 9.15. The van der Waals surface area contributed by atoms with Crippen LogP contribution in [0.3, 0.4) is 0 Å². The number of hydrogen-bond donors (Lipinski definition) is 1. The quantitative estimate of drug-likeness (QED) is 0.868. The largest absolute Gasteiger partial charge is 0.310 e. The second-order valence-electron chi connectivity index (χ2n) is 4.99. The van der Waals surface area contributed by atoms with Crippen LogP contribution in [0.5, 0.6) is 0 Å². The smallest absolute Gasteiger partial charge is 0.141 e. The van der Waals surface area contributed by atoms with E-state index in [9.17, 15) is 4.39 Å². The Hall–Kier alpha value is -1.75. The molecule has 0 aliphatic heterocycles. The van der Waals surface area contributed by atoms with Crippen molar-refractivity contribution in [1.82, 2.24) is 20.1 Å². The average molecular weight is 262 g/mol. The Kier molecular flexibility index (Phi) is 4.63. The molecular formula is C14H19FN4. The molecule has 1 N–H and O–H groups in total. The van der Waals surface area contributed by atoms with Gasteiger partial charge in [0.15, 0.2) is 0 Å². The van der Waals surface area contributed by atoms with Gasteiger partial charge in [0.2, 0.25) is 0 Å². The zero-order chi connectivity index (χ0) is 13.7. The van der Waals surface area contributed by atoms with Crippen molar-refractivity contribution in [3.63, 3.8) is 0 Å². The topological polar surface area (TPSA) is 42.7 Å². The van der Waals surface area contributed by atoms with E-state index in [0.717, 1.165) is 17.9 Å². The van der Waals surface area contributed by atoms with Crippen molar-refractivity contribution < 1.29 is 4.39 Å². The van der Waals surface area contributed by atoms with Gasteiger partial charge >= 0.3 is 0 Å². The molecule has 0 radical (unpaired) electrons. The monoisotopic (exact) mass is 262 g/mol. The lowest BCUT2D eigenvalue weighted by Crippen LogP contribution is -2.22. The summed E-state index contributed by atoms with van der Waals surface area (Å²) in [5.74, 6) is 1.28. The van der Waals surface area contributed by atoms with Crippen LogP contribution in [-0.4, -0.2) is 21.3 Å². The summed E-state index contributed by atoms with van der Waals surface area (Å²) in [7, 11) is 0. The van der Waals surface area contributed by atoms with Gasteiger partial charge in [-0.1, -0.05) is 26.0 Å². The summed E-state index contributed by atoms with van der Waals surface area (Å²) < 4.78 is 14.7. The summed E-state index contributed by atoms with van der Waals surface area (Å²) in [5, 5.41) is 7.54. The van der Waals surface area contributed by atoms with E-state index in [1.54, 1.807) is 18.5 Å². The van der Waals surface area contributed by atoms with Gasteiger partial charge in [0, 0.05) is 0 Å². The summed E-state index contributed by atoms with van der Waals surface area (Å²) >= 11 is 0. The van der Waals surface area contributed by atoms with E-state index in [1.165, 1.54) is 12.1 Å². The minimum Gasteiger partial charge on any atom is -0.310 e. The van der Waals surface area contributed by atoms with E-state index in [-0.39, 0.29) is 5.82 Å². The van der Waals surface area contributed by atoms with Gasteiger partial charge in [-0.3, -0.25) is 0 Å². The summed E-state index contributed by atoms with van der Waals surface area (Å²) in [4.78, 5) is 4.24. The standard InChI is InChI=1S/C14H19FN4/c1-11(2)7-16-8-14-17-10-18-19(14)9-12-3-5-13(15)6-4-12/h3-6,10-11,16H,7-9H2,1-2H3. The molecule has 0 aliphatic carbocycles. The summed E-state index contributed by atoms with van der Waals surface area (Å²) in [6.07, 6.45) is 1.55. The van der Waals surface area contributed by atoms with Crippen LogP contribution in [0.15, 0.2) is 30.6 Å². The lowest BCUT2D eigenvalue weighted by atomic mass is 10.2. The molecule has 102 valence electrons. The molecule has 0 unspecified atom stereocenters. The molecule has 0 atom stereocenters. The molecule has 0 spiro atoms. The van der Waals surface area contributed by atoms with Crippen LogP contribution >= 0.6 is 0 Å². The lowest BCUT2D eigenvalue weighted by Gasteiger charge is -2.09. The van der Waals surface area contributed by atoms with Gasteiger partial charge in [0.05, 0.1) is 13.1 Å². The second-order valence-corrected chi connectivity index (χ2v) is 4.99. The SMILES string of the molecule is CC(C)CNCc1ncnn1Cc1ccc(F)cc1. The fraction of sp³-hybridized carbons (Fsp3) is 0.429. The molecular weight excluding hydrogens is 243 g/mol. The summed E-state index contributed by atoms with van der Waals surface area (Å²) in [6.45, 7) is 6.58. The van der Waals surface area contributed by atoms with Crippen molar-refractivity contribution in [2.24, 2.45) is 5.92 Å². The van der Waals surface area contributed by atoms with Crippen molar-refractivity contribution in [2.75, 3.05) is 6.54 Å². The van der Waals surface area contributed by atoms with Crippen molar-refractivity contribution in [1.29, 1.82) is 0 Å². The van der Waals surface area contributed by atoms with Gasteiger partial charge in [-0.15, -0.1) is 0 Å². The van der Waals surface area contributed by atoms with Crippen LogP contribution in [-0.2, 0) is 13.1 Å². The summed E-state index contributed by atoms with van der Waals surface area (Å²) in [6, 6.07) is 6.45. The number of nitrogens with one attached hydrogen (secondary N) is 1. The number of hydrogen-bond acceptors (Lipinski definition) is 3. The van der Waals surface area contributed by atoms with Crippen LogP contribution < -0.4 is 5.32 Å². The highest BCUT2D eigenvalue weighted by atomic mass is 19.1. The Balaban J connectivity index is 1.97. The molecule has 1 aromatic carbocycles. The minimum atomic E-state index is -0.221. The fourth-order valence-electron chi connectivity index (χ4n) is 1.79. The molecule has 1 aromatic heterocycles. The highest BCUT2D eigenvalue weighted by Crippen LogP contribution is 2.06. The van der Waals surface area contributed by atoms with E-state index < -0.39 is 0 Å². The third-order valence-electron chi connectivity index (χ3n) is 2.78. The molecule has 0 aliphatic rings. The predicted octanol–water partition coefficient (Wildman–Crippen LogP) is 2.21. The van der Waals surface area contributed by atoms with Crippen LogP contribution in [0, 0.1) is 11.7 Å². The number of aromatic nitrogens is 3. The Morgan fingerprint density at radius 2 is 2.00 bits per heavy atom. The second kappa shape index (κ2) is 6.43. The molecule has 4 nitrogen and oxygen atoms in total. The van der Waals surface area contributed by atoms with E-state index in [0.29, 0.717) is 19.0 Å². The van der Waals surface area contributed by atoms with Crippen LogP contribution in [0.25, 0.3) is 0 Å². The van der Waals surface area contributed by atoms with E-state index in [2.05, 4.69) is 29.2 Å². The number of nitrogens with zero attached hydrogens (tertiary/aromatic N) is 3. The molecule has 19 heavy (non-hydrogen) atoms. The molecule has 0 amide bonds. The normalized spacial score (nSPS) is 11.2. The maximum atomic E-state index is 12.8. The molecule has 0 saturated carbocycles. The Morgan fingerprint density at radius 1 is 1.26 bits per heavy atom. The van der Waals surface area contributed by atoms with Gasteiger partial charge in [-0.25, -0.2) is 14.1 Å². The highest BCUT2D eigenvalue weighted by molar-refractivity contribution is 5.16. The van der Waals surface area contributed by atoms with Crippen molar-refractivity contribution in [2.45, 2.75) is 26.9 Å². The van der Waals surface area contributed by atoms with Gasteiger partial charge in [-0.05, 0) is 30.2 Å². The Labute approximate surface area is 112 Å². The zero-order valence-electron chi connectivity index (χ0n) is 11.3. The number of halogens is 1. The number of rotatable bonds is 6. The molecule has 1 heterocycles. The predicted molar refractivity (Wildman–Crippen MR) is 72.1 cm³/mol. The maximum absolute atomic E-state index is 12.8. The van der Waals surface area contributed by atoms with Gasteiger partial charge in [0.1, 0.15) is 18.0 Å². The van der Waals surface area contributed by atoms with Crippen LogP contribution in [0.4, 0.5) is 4.39 Å². The molecule has 2 aromatic rings. The van der Waals surface area contributed by atoms with Gasteiger partial charge in [-0.2, -0.15) is 5.10 Å². The Bertz CT molecular complexity index is 504. The van der Waals surface area contributed by atoms with E-state index in [4.69, 9.17) is 0 Å². The zero-order valence-corrected chi connectivity index (χ0v) is 11.3. The first kappa shape index (κ1) is 13.7. The third-order valence-corrected chi connectivity index (χ3v) is 2.78.